The molecule has 0 spiro atoms. The summed E-state index contributed by atoms with van der Waals surface area (Å²) < 4.78 is 4.92. The molecular formula is C10H19BrN2O2. The fourth-order valence-electron chi connectivity index (χ4n) is 1.67. The Labute approximate surface area is 99.7 Å². The van der Waals surface area contributed by atoms with Crippen molar-refractivity contribution in [3.05, 3.63) is 0 Å². The molecule has 0 bridgehead atoms. The molecule has 15 heavy (non-hydrogen) atoms. The Morgan fingerprint density at radius 3 is 2.20 bits per heavy atom. The molecule has 0 N–H and O–H groups in total. The van der Waals surface area contributed by atoms with Gasteiger partial charge in [-0.1, -0.05) is 15.9 Å². The Bertz CT molecular complexity index is 194. The van der Waals surface area contributed by atoms with Gasteiger partial charge in [-0.15, -0.1) is 0 Å². The zero-order chi connectivity index (χ0) is 11.1. The van der Waals surface area contributed by atoms with Gasteiger partial charge in [-0.2, -0.15) is 0 Å². The minimum Gasteiger partial charge on any atom is -0.465 e. The first kappa shape index (κ1) is 12.9. The second-order valence-corrected chi connectivity index (χ2v) is 4.51. The second kappa shape index (κ2) is 7.19. The number of carbonyl (C=O) groups is 1. The molecular weight excluding hydrogens is 260 g/mol. The predicted molar refractivity (Wildman–Crippen MR) is 63.3 cm³/mol. The third kappa shape index (κ3) is 5.49. The monoisotopic (exact) mass is 278 g/mol. The summed E-state index contributed by atoms with van der Waals surface area (Å²) in [5.74, 6) is -0.187. The minimum atomic E-state index is -0.187. The molecule has 0 atom stereocenters. The summed E-state index contributed by atoms with van der Waals surface area (Å²) in [6.07, 6.45) is 0. The third-order valence-electron chi connectivity index (χ3n) is 2.58. The quantitative estimate of drug-likeness (QED) is 0.544. The Morgan fingerprint density at radius 2 is 1.73 bits per heavy atom. The van der Waals surface area contributed by atoms with Crippen LogP contribution in [-0.2, 0) is 9.53 Å². The number of nitrogens with zero attached hydrogens (tertiary/aromatic N) is 2. The van der Waals surface area contributed by atoms with E-state index in [1.165, 1.54) is 6.92 Å². The van der Waals surface area contributed by atoms with Gasteiger partial charge in [0.1, 0.15) is 6.61 Å². The number of carbonyl (C=O) groups excluding carboxylic acids is 1. The lowest BCUT2D eigenvalue weighted by Gasteiger charge is -2.34. The highest BCUT2D eigenvalue weighted by molar-refractivity contribution is 9.09. The standard InChI is InChI=1S/C10H19BrN2O2/c1-10(14)15-9-8-13-6-4-12(3-2-11)5-7-13/h2-9H2,1H3. The van der Waals surface area contributed by atoms with E-state index in [0.717, 1.165) is 44.6 Å². The van der Waals surface area contributed by atoms with E-state index in [-0.39, 0.29) is 5.97 Å². The van der Waals surface area contributed by atoms with Gasteiger partial charge in [0.2, 0.25) is 0 Å². The van der Waals surface area contributed by atoms with Gasteiger partial charge in [0.05, 0.1) is 0 Å². The molecule has 1 fully saturated rings. The first-order valence-electron chi connectivity index (χ1n) is 5.36. The average Bonchev–Trinajstić information content (AvgIpc) is 2.20. The summed E-state index contributed by atoms with van der Waals surface area (Å²) in [5, 5.41) is 1.04. The van der Waals surface area contributed by atoms with Gasteiger partial charge in [0.15, 0.2) is 0 Å². The van der Waals surface area contributed by atoms with Crippen molar-refractivity contribution in [1.29, 1.82) is 0 Å². The minimum absolute atomic E-state index is 0.187. The molecule has 88 valence electrons. The number of hydrogen-bond acceptors (Lipinski definition) is 4. The smallest absolute Gasteiger partial charge is 0.302 e. The van der Waals surface area contributed by atoms with Crippen LogP contribution in [0.5, 0.6) is 0 Å². The molecule has 0 aromatic carbocycles. The van der Waals surface area contributed by atoms with Gasteiger partial charge in [-0.3, -0.25) is 14.6 Å². The largest absolute Gasteiger partial charge is 0.465 e. The van der Waals surface area contributed by atoms with Crippen molar-refractivity contribution in [3.63, 3.8) is 0 Å². The molecule has 0 radical (unpaired) electrons. The number of esters is 1. The van der Waals surface area contributed by atoms with Gasteiger partial charge in [-0.25, -0.2) is 0 Å². The van der Waals surface area contributed by atoms with Crippen LogP contribution in [0.15, 0.2) is 0 Å². The van der Waals surface area contributed by atoms with Crippen molar-refractivity contribution < 1.29 is 9.53 Å². The third-order valence-corrected chi connectivity index (χ3v) is 2.93. The summed E-state index contributed by atoms with van der Waals surface area (Å²) >= 11 is 3.45. The van der Waals surface area contributed by atoms with E-state index >= 15 is 0 Å². The molecule has 1 aliphatic rings. The molecule has 5 heteroatoms. The molecule has 4 nitrogen and oxygen atoms in total. The molecule has 0 aromatic rings. The number of halogens is 1. The maximum atomic E-state index is 10.6. The van der Waals surface area contributed by atoms with Gasteiger partial charge < -0.3 is 4.74 Å². The summed E-state index contributed by atoms with van der Waals surface area (Å²) in [6, 6.07) is 0. The Hall–Kier alpha value is -0.130. The molecule has 1 heterocycles. The van der Waals surface area contributed by atoms with Crippen molar-refractivity contribution in [3.8, 4) is 0 Å². The molecule has 0 unspecified atom stereocenters. The molecule has 1 saturated heterocycles. The van der Waals surface area contributed by atoms with E-state index in [1.807, 2.05) is 0 Å². The molecule has 1 rings (SSSR count). The topological polar surface area (TPSA) is 32.8 Å². The lowest BCUT2D eigenvalue weighted by molar-refractivity contribution is -0.141. The summed E-state index contributed by atoms with van der Waals surface area (Å²) in [4.78, 5) is 15.4. The number of alkyl halides is 1. The van der Waals surface area contributed by atoms with Crippen LogP contribution in [0.1, 0.15) is 6.92 Å². The number of piperazine rings is 1. The molecule has 0 aliphatic carbocycles. The van der Waals surface area contributed by atoms with E-state index < -0.39 is 0 Å². The van der Waals surface area contributed by atoms with Gasteiger partial charge in [0.25, 0.3) is 0 Å². The lowest BCUT2D eigenvalue weighted by atomic mass is 10.3. The van der Waals surface area contributed by atoms with E-state index in [2.05, 4.69) is 25.7 Å². The summed E-state index contributed by atoms with van der Waals surface area (Å²) in [7, 11) is 0. The Balaban J connectivity index is 2.06. The van der Waals surface area contributed by atoms with Crippen LogP contribution in [0.2, 0.25) is 0 Å². The SMILES string of the molecule is CC(=O)OCCN1CCN(CCBr)CC1. The first-order valence-corrected chi connectivity index (χ1v) is 6.48. The maximum Gasteiger partial charge on any atom is 0.302 e. The lowest BCUT2D eigenvalue weighted by Crippen LogP contribution is -2.47. The summed E-state index contributed by atoms with van der Waals surface area (Å²) in [5.41, 5.74) is 0. The first-order chi connectivity index (χ1) is 7.22. The van der Waals surface area contributed by atoms with Crippen LogP contribution < -0.4 is 0 Å². The molecule has 1 aliphatic heterocycles. The predicted octanol–water partition coefficient (Wildman–Crippen LogP) is 0.562. The van der Waals surface area contributed by atoms with Gasteiger partial charge >= 0.3 is 5.97 Å². The van der Waals surface area contributed by atoms with Crippen molar-refractivity contribution in [2.45, 2.75) is 6.92 Å². The Morgan fingerprint density at radius 1 is 1.20 bits per heavy atom. The number of ether oxygens (including phenoxy) is 1. The van der Waals surface area contributed by atoms with E-state index in [0.29, 0.717) is 6.61 Å². The van der Waals surface area contributed by atoms with Crippen molar-refractivity contribution >= 4 is 21.9 Å². The summed E-state index contributed by atoms with van der Waals surface area (Å²) in [6.45, 7) is 8.35. The fraction of sp³-hybridized carbons (Fsp3) is 0.900. The zero-order valence-corrected chi connectivity index (χ0v) is 10.8. The second-order valence-electron chi connectivity index (χ2n) is 3.71. The van der Waals surface area contributed by atoms with Gasteiger partial charge in [-0.05, 0) is 0 Å². The van der Waals surface area contributed by atoms with Crippen LogP contribution in [0.25, 0.3) is 0 Å². The average molecular weight is 279 g/mol. The molecule has 0 amide bonds. The van der Waals surface area contributed by atoms with Crippen molar-refractivity contribution in [2.24, 2.45) is 0 Å². The van der Waals surface area contributed by atoms with E-state index in [9.17, 15) is 4.79 Å². The van der Waals surface area contributed by atoms with Crippen LogP contribution in [0.3, 0.4) is 0 Å². The zero-order valence-electron chi connectivity index (χ0n) is 9.25. The van der Waals surface area contributed by atoms with Crippen molar-refractivity contribution in [2.75, 3.05) is 51.2 Å². The van der Waals surface area contributed by atoms with E-state index in [4.69, 9.17) is 4.74 Å². The highest BCUT2D eigenvalue weighted by Crippen LogP contribution is 2.01. The van der Waals surface area contributed by atoms with Crippen LogP contribution in [0.4, 0.5) is 0 Å². The molecule has 0 saturated carbocycles. The Kier molecular flexibility index (Phi) is 6.20. The highest BCUT2D eigenvalue weighted by Gasteiger charge is 2.15. The van der Waals surface area contributed by atoms with Crippen LogP contribution >= 0.6 is 15.9 Å². The van der Waals surface area contributed by atoms with Crippen LogP contribution in [0, 0.1) is 0 Å². The normalized spacial score (nSPS) is 19.1. The number of hydrogen-bond donors (Lipinski definition) is 0. The highest BCUT2D eigenvalue weighted by atomic mass is 79.9. The van der Waals surface area contributed by atoms with Gasteiger partial charge in [0, 0.05) is 51.5 Å². The fourth-order valence-corrected chi connectivity index (χ4v) is 2.18. The van der Waals surface area contributed by atoms with Crippen LogP contribution in [-0.4, -0.2) is 67.0 Å². The molecule has 0 aromatic heterocycles. The van der Waals surface area contributed by atoms with E-state index in [1.54, 1.807) is 0 Å². The van der Waals surface area contributed by atoms with Crippen molar-refractivity contribution in [1.82, 2.24) is 9.80 Å². The maximum absolute atomic E-state index is 10.6. The number of rotatable bonds is 5.